The van der Waals surface area contributed by atoms with Crippen LogP contribution < -0.4 is 19.9 Å². The lowest BCUT2D eigenvalue weighted by atomic mass is 9.90. The lowest BCUT2D eigenvalue weighted by molar-refractivity contribution is 0.171. The summed E-state index contributed by atoms with van der Waals surface area (Å²) in [7, 11) is 1.71. The summed E-state index contributed by atoms with van der Waals surface area (Å²) in [5.74, 6) is 2.75. The van der Waals surface area contributed by atoms with E-state index in [-0.39, 0.29) is 5.92 Å². The van der Waals surface area contributed by atoms with Gasteiger partial charge in [0.2, 0.25) is 0 Å². The fraction of sp³-hybridized carbons (Fsp3) is 0.400. The summed E-state index contributed by atoms with van der Waals surface area (Å²) in [6.07, 6.45) is 1.85. The molecule has 0 fully saturated rings. The highest BCUT2D eigenvalue weighted by atomic mass is 16.6. The second-order valence-corrected chi connectivity index (χ2v) is 6.04. The number of benzene rings is 2. The molecule has 1 atom stereocenters. The Hall–Kier alpha value is -2.20. The molecule has 0 aromatic heterocycles. The first-order valence-electron chi connectivity index (χ1n) is 8.50. The van der Waals surface area contributed by atoms with Gasteiger partial charge >= 0.3 is 0 Å². The van der Waals surface area contributed by atoms with Crippen LogP contribution in [0.1, 0.15) is 29.5 Å². The van der Waals surface area contributed by atoms with Crippen molar-refractivity contribution in [2.24, 2.45) is 5.73 Å². The van der Waals surface area contributed by atoms with Gasteiger partial charge in [-0.1, -0.05) is 25.1 Å². The van der Waals surface area contributed by atoms with E-state index in [2.05, 4.69) is 31.2 Å². The van der Waals surface area contributed by atoms with Gasteiger partial charge in [0.1, 0.15) is 19.0 Å². The Balaban J connectivity index is 1.87. The van der Waals surface area contributed by atoms with Crippen molar-refractivity contribution in [3.63, 3.8) is 0 Å². The number of hydrogen-bond donors (Lipinski definition) is 1. The third kappa shape index (κ3) is 3.49. The van der Waals surface area contributed by atoms with Crippen molar-refractivity contribution >= 4 is 0 Å². The summed E-state index contributed by atoms with van der Waals surface area (Å²) in [6.45, 7) is 3.93. The molecular weight excluding hydrogens is 302 g/mol. The zero-order valence-corrected chi connectivity index (χ0v) is 14.4. The first-order valence-corrected chi connectivity index (χ1v) is 8.50. The summed E-state index contributed by atoms with van der Waals surface area (Å²) in [5, 5.41) is 0. The van der Waals surface area contributed by atoms with Gasteiger partial charge in [0.25, 0.3) is 0 Å². The summed E-state index contributed by atoms with van der Waals surface area (Å²) < 4.78 is 16.8. The molecule has 1 unspecified atom stereocenters. The minimum Gasteiger partial charge on any atom is -0.496 e. The van der Waals surface area contributed by atoms with Crippen LogP contribution in [0.5, 0.6) is 17.2 Å². The fourth-order valence-electron chi connectivity index (χ4n) is 3.13. The normalized spacial score (nSPS) is 14.3. The van der Waals surface area contributed by atoms with Gasteiger partial charge in [-0.3, -0.25) is 0 Å². The van der Waals surface area contributed by atoms with Crippen LogP contribution in [0.25, 0.3) is 0 Å². The Morgan fingerprint density at radius 3 is 2.58 bits per heavy atom. The molecule has 0 aliphatic carbocycles. The van der Waals surface area contributed by atoms with Crippen molar-refractivity contribution in [3.8, 4) is 17.2 Å². The molecule has 24 heavy (non-hydrogen) atoms. The number of nitrogens with two attached hydrogens (primary N) is 1. The average Bonchev–Trinajstić information content (AvgIpc) is 2.65. The van der Waals surface area contributed by atoms with Gasteiger partial charge in [0.15, 0.2) is 11.5 Å². The van der Waals surface area contributed by atoms with Crippen molar-refractivity contribution in [1.82, 2.24) is 0 Å². The topological polar surface area (TPSA) is 53.7 Å². The molecule has 2 N–H and O–H groups in total. The van der Waals surface area contributed by atoms with Crippen molar-refractivity contribution in [1.29, 1.82) is 0 Å². The molecule has 2 aromatic rings. The van der Waals surface area contributed by atoms with Crippen LogP contribution in [0, 0.1) is 0 Å². The van der Waals surface area contributed by atoms with Gasteiger partial charge in [0.05, 0.1) is 7.11 Å². The monoisotopic (exact) mass is 327 g/mol. The van der Waals surface area contributed by atoms with E-state index in [0.29, 0.717) is 19.8 Å². The zero-order valence-electron chi connectivity index (χ0n) is 14.4. The van der Waals surface area contributed by atoms with Crippen molar-refractivity contribution in [2.75, 3.05) is 26.9 Å². The molecule has 0 saturated carbocycles. The van der Waals surface area contributed by atoms with E-state index < -0.39 is 0 Å². The largest absolute Gasteiger partial charge is 0.496 e. The number of methoxy groups -OCH3 is 1. The van der Waals surface area contributed by atoms with Crippen molar-refractivity contribution in [2.45, 2.75) is 25.7 Å². The first kappa shape index (κ1) is 16.7. The third-order valence-corrected chi connectivity index (χ3v) is 4.54. The second-order valence-electron chi connectivity index (χ2n) is 6.04. The number of ether oxygens (including phenoxy) is 3. The van der Waals surface area contributed by atoms with E-state index in [1.165, 1.54) is 16.7 Å². The van der Waals surface area contributed by atoms with Crippen LogP contribution in [-0.4, -0.2) is 26.9 Å². The predicted molar refractivity (Wildman–Crippen MR) is 95.3 cm³/mol. The highest BCUT2D eigenvalue weighted by molar-refractivity contribution is 5.46. The summed E-state index contributed by atoms with van der Waals surface area (Å²) in [6, 6.07) is 12.5. The van der Waals surface area contributed by atoms with Crippen LogP contribution in [0.2, 0.25) is 0 Å². The molecule has 1 aliphatic rings. The van der Waals surface area contributed by atoms with E-state index in [9.17, 15) is 0 Å². The first-order chi connectivity index (χ1) is 11.7. The van der Waals surface area contributed by atoms with Crippen molar-refractivity contribution < 1.29 is 14.2 Å². The lowest BCUT2D eigenvalue weighted by Gasteiger charge is -2.22. The minimum absolute atomic E-state index is 0.210. The summed E-state index contributed by atoms with van der Waals surface area (Å²) in [5.41, 5.74) is 9.76. The van der Waals surface area contributed by atoms with E-state index in [0.717, 1.165) is 30.1 Å². The Kier molecular flexibility index (Phi) is 5.26. The van der Waals surface area contributed by atoms with E-state index in [4.69, 9.17) is 19.9 Å². The van der Waals surface area contributed by atoms with Gasteiger partial charge in [-0.05, 0) is 54.3 Å². The number of hydrogen-bond acceptors (Lipinski definition) is 4. The van der Waals surface area contributed by atoms with Crippen LogP contribution in [0.3, 0.4) is 0 Å². The molecule has 128 valence electrons. The van der Waals surface area contributed by atoms with Gasteiger partial charge in [-0.25, -0.2) is 0 Å². The molecular formula is C20H25NO3. The Morgan fingerprint density at radius 2 is 1.88 bits per heavy atom. The quantitative estimate of drug-likeness (QED) is 0.884. The van der Waals surface area contributed by atoms with E-state index in [1.54, 1.807) is 7.11 Å². The Morgan fingerprint density at radius 1 is 1.08 bits per heavy atom. The van der Waals surface area contributed by atoms with Gasteiger partial charge in [-0.2, -0.15) is 0 Å². The van der Waals surface area contributed by atoms with Gasteiger partial charge in [-0.15, -0.1) is 0 Å². The van der Waals surface area contributed by atoms with Crippen LogP contribution in [0.15, 0.2) is 36.4 Å². The summed E-state index contributed by atoms with van der Waals surface area (Å²) >= 11 is 0. The SMILES string of the molecule is CCc1ccc(OC)c(CC(CN)c2ccc3c(c2)OCCO3)c1. The molecule has 1 aliphatic heterocycles. The number of rotatable bonds is 6. The lowest BCUT2D eigenvalue weighted by Crippen LogP contribution is -2.18. The number of aryl methyl sites for hydroxylation is 1. The molecule has 0 bridgehead atoms. The maximum atomic E-state index is 6.08. The smallest absolute Gasteiger partial charge is 0.161 e. The van der Waals surface area contributed by atoms with Gasteiger partial charge in [0, 0.05) is 5.92 Å². The Labute approximate surface area is 143 Å². The van der Waals surface area contributed by atoms with Gasteiger partial charge < -0.3 is 19.9 Å². The third-order valence-electron chi connectivity index (χ3n) is 4.54. The molecule has 4 heteroatoms. The average molecular weight is 327 g/mol. The minimum atomic E-state index is 0.210. The molecule has 2 aromatic carbocycles. The highest BCUT2D eigenvalue weighted by Crippen LogP contribution is 2.35. The maximum absolute atomic E-state index is 6.08. The molecule has 4 nitrogen and oxygen atoms in total. The zero-order chi connectivity index (χ0) is 16.9. The van der Waals surface area contributed by atoms with Crippen LogP contribution in [0.4, 0.5) is 0 Å². The maximum Gasteiger partial charge on any atom is 0.161 e. The molecule has 0 amide bonds. The second kappa shape index (κ2) is 7.58. The Bertz CT molecular complexity index is 699. The highest BCUT2D eigenvalue weighted by Gasteiger charge is 2.18. The van der Waals surface area contributed by atoms with Crippen molar-refractivity contribution in [3.05, 3.63) is 53.1 Å². The fourth-order valence-corrected chi connectivity index (χ4v) is 3.13. The predicted octanol–water partition coefficient (Wildman–Crippen LogP) is 3.31. The van der Waals surface area contributed by atoms with E-state index >= 15 is 0 Å². The molecule has 0 saturated heterocycles. The standard InChI is InChI=1S/C20H25NO3/c1-3-14-4-6-18(22-2)16(10-14)11-17(13-21)15-5-7-19-20(12-15)24-9-8-23-19/h4-7,10,12,17H,3,8-9,11,13,21H2,1-2H3. The van der Waals surface area contributed by atoms with E-state index in [1.807, 2.05) is 12.1 Å². The molecule has 3 rings (SSSR count). The molecule has 1 heterocycles. The molecule has 0 radical (unpaired) electrons. The van der Waals surface area contributed by atoms with Crippen LogP contribution >= 0.6 is 0 Å². The summed E-state index contributed by atoms with van der Waals surface area (Å²) in [4.78, 5) is 0. The molecule has 0 spiro atoms. The number of fused-ring (bicyclic) bond motifs is 1. The van der Waals surface area contributed by atoms with Crippen LogP contribution in [-0.2, 0) is 12.8 Å².